The van der Waals surface area contributed by atoms with Crippen molar-refractivity contribution in [3.05, 3.63) is 41.3 Å². The van der Waals surface area contributed by atoms with Crippen LogP contribution >= 0.6 is 0 Å². The van der Waals surface area contributed by atoms with Crippen molar-refractivity contribution in [2.24, 2.45) is 0 Å². The smallest absolute Gasteiger partial charge is 0.269 e. The molecule has 25 heavy (non-hydrogen) atoms. The number of aryl methyl sites for hydroxylation is 1. The van der Waals surface area contributed by atoms with Gasteiger partial charge in [0.2, 0.25) is 5.89 Å². The summed E-state index contributed by atoms with van der Waals surface area (Å²) in [6, 6.07) is 2.98. The third-order valence-corrected chi connectivity index (χ3v) is 4.33. The lowest BCUT2D eigenvalue weighted by atomic mass is 10.1. The van der Waals surface area contributed by atoms with Crippen molar-refractivity contribution in [3.8, 4) is 0 Å². The third-order valence-electron chi connectivity index (χ3n) is 4.33. The van der Waals surface area contributed by atoms with E-state index in [-0.39, 0.29) is 23.6 Å². The number of hydrogen-bond acceptors (Lipinski definition) is 6. The molecule has 132 valence electrons. The van der Waals surface area contributed by atoms with Gasteiger partial charge in [-0.2, -0.15) is 4.98 Å². The standard InChI is InChI=1S/C17H21N5O3/c1-11-20-15(21-25-11)14-6-4-3-5-9-22(14)17(24)12-7-8-13(19-10-12)16(23)18-2/h7-8,10,14H,3-6,9H2,1-2H3,(H,18,23). The summed E-state index contributed by atoms with van der Waals surface area (Å²) in [7, 11) is 1.54. The molecule has 1 saturated heterocycles. The van der Waals surface area contributed by atoms with Gasteiger partial charge in [-0.3, -0.25) is 14.6 Å². The molecular formula is C17H21N5O3. The summed E-state index contributed by atoms with van der Waals surface area (Å²) in [6.07, 6.45) is 5.24. The number of likely N-dealkylation sites (tertiary alicyclic amines) is 1. The Morgan fingerprint density at radius 1 is 1.28 bits per heavy atom. The van der Waals surface area contributed by atoms with E-state index in [4.69, 9.17) is 4.52 Å². The minimum absolute atomic E-state index is 0.134. The SMILES string of the molecule is CNC(=O)c1ccc(C(=O)N2CCCCCC2c2noc(C)n2)cn1. The Labute approximate surface area is 145 Å². The summed E-state index contributed by atoms with van der Waals surface area (Å²) < 4.78 is 5.09. The van der Waals surface area contributed by atoms with Gasteiger partial charge in [0.1, 0.15) is 5.69 Å². The number of pyridine rings is 1. The van der Waals surface area contributed by atoms with Crippen molar-refractivity contribution in [1.29, 1.82) is 0 Å². The van der Waals surface area contributed by atoms with Crippen LogP contribution in [0.25, 0.3) is 0 Å². The summed E-state index contributed by atoms with van der Waals surface area (Å²) in [4.78, 5) is 34.8. The number of aromatic nitrogens is 3. The van der Waals surface area contributed by atoms with Crippen molar-refractivity contribution < 1.29 is 14.1 Å². The molecule has 0 aromatic carbocycles. The van der Waals surface area contributed by atoms with Crippen LogP contribution in [0, 0.1) is 6.92 Å². The molecule has 1 aliphatic heterocycles. The fraction of sp³-hybridized carbons (Fsp3) is 0.471. The highest BCUT2D eigenvalue weighted by molar-refractivity contribution is 5.96. The summed E-state index contributed by atoms with van der Waals surface area (Å²) in [6.45, 7) is 2.37. The van der Waals surface area contributed by atoms with E-state index in [2.05, 4.69) is 20.4 Å². The molecular weight excluding hydrogens is 322 g/mol. The maximum absolute atomic E-state index is 13.0. The van der Waals surface area contributed by atoms with Crippen LogP contribution in [-0.4, -0.2) is 45.4 Å². The number of hydrogen-bond donors (Lipinski definition) is 1. The van der Waals surface area contributed by atoms with Crippen LogP contribution < -0.4 is 5.32 Å². The van der Waals surface area contributed by atoms with Gasteiger partial charge in [0, 0.05) is 26.7 Å². The second-order valence-electron chi connectivity index (χ2n) is 6.05. The number of nitrogens with zero attached hydrogens (tertiary/aromatic N) is 4. The molecule has 0 radical (unpaired) electrons. The average Bonchev–Trinajstić information content (AvgIpc) is 2.92. The van der Waals surface area contributed by atoms with Gasteiger partial charge in [0.05, 0.1) is 11.6 Å². The maximum atomic E-state index is 13.0. The van der Waals surface area contributed by atoms with E-state index in [1.165, 1.54) is 13.2 Å². The monoisotopic (exact) mass is 343 g/mol. The van der Waals surface area contributed by atoms with E-state index in [1.807, 2.05) is 0 Å². The molecule has 8 heteroatoms. The Bertz CT molecular complexity index is 756. The number of amides is 2. The Kier molecular flexibility index (Phi) is 5.06. The molecule has 1 N–H and O–H groups in total. The van der Waals surface area contributed by atoms with E-state index in [0.717, 1.165) is 25.7 Å². The predicted octanol–water partition coefficient (Wildman–Crippen LogP) is 1.89. The van der Waals surface area contributed by atoms with Gasteiger partial charge in [-0.1, -0.05) is 18.0 Å². The first-order chi connectivity index (χ1) is 12.1. The number of carbonyl (C=O) groups excluding carboxylic acids is 2. The Hall–Kier alpha value is -2.77. The number of carbonyl (C=O) groups is 2. The molecule has 1 fully saturated rings. The van der Waals surface area contributed by atoms with E-state index in [9.17, 15) is 9.59 Å². The quantitative estimate of drug-likeness (QED) is 0.913. The van der Waals surface area contributed by atoms with Gasteiger partial charge in [-0.25, -0.2) is 0 Å². The molecule has 1 aliphatic rings. The molecule has 2 aromatic heterocycles. The Morgan fingerprint density at radius 2 is 2.12 bits per heavy atom. The lowest BCUT2D eigenvalue weighted by Crippen LogP contribution is -2.35. The van der Waals surface area contributed by atoms with Crippen LogP contribution in [0.1, 0.15) is 64.3 Å². The van der Waals surface area contributed by atoms with Gasteiger partial charge >= 0.3 is 0 Å². The van der Waals surface area contributed by atoms with Gasteiger partial charge < -0.3 is 14.7 Å². The highest BCUT2D eigenvalue weighted by Crippen LogP contribution is 2.29. The molecule has 0 bridgehead atoms. The first-order valence-electron chi connectivity index (χ1n) is 8.39. The van der Waals surface area contributed by atoms with Crippen molar-refractivity contribution in [2.45, 2.75) is 38.6 Å². The van der Waals surface area contributed by atoms with Gasteiger partial charge in [-0.05, 0) is 25.0 Å². The summed E-state index contributed by atoms with van der Waals surface area (Å²) in [5.41, 5.74) is 0.722. The van der Waals surface area contributed by atoms with Crippen LogP contribution in [-0.2, 0) is 0 Å². The topological polar surface area (TPSA) is 101 Å². The zero-order chi connectivity index (χ0) is 17.8. The normalized spacial score (nSPS) is 17.8. The van der Waals surface area contributed by atoms with Crippen molar-refractivity contribution in [1.82, 2.24) is 25.3 Å². The Balaban J connectivity index is 1.85. The van der Waals surface area contributed by atoms with E-state index < -0.39 is 0 Å². The largest absolute Gasteiger partial charge is 0.354 e. The van der Waals surface area contributed by atoms with Gasteiger partial charge in [0.25, 0.3) is 11.8 Å². The molecule has 2 aromatic rings. The van der Waals surface area contributed by atoms with Crippen LogP contribution in [0.3, 0.4) is 0 Å². The zero-order valence-corrected chi connectivity index (χ0v) is 14.4. The second kappa shape index (κ2) is 7.42. The first-order valence-corrected chi connectivity index (χ1v) is 8.39. The lowest BCUT2D eigenvalue weighted by Gasteiger charge is -2.27. The third kappa shape index (κ3) is 3.67. The number of rotatable bonds is 3. The van der Waals surface area contributed by atoms with Crippen LogP contribution in [0.2, 0.25) is 0 Å². The minimum Gasteiger partial charge on any atom is -0.354 e. The van der Waals surface area contributed by atoms with E-state index in [0.29, 0.717) is 23.8 Å². The van der Waals surface area contributed by atoms with Crippen molar-refractivity contribution in [2.75, 3.05) is 13.6 Å². The molecule has 0 spiro atoms. The zero-order valence-electron chi connectivity index (χ0n) is 14.4. The fourth-order valence-corrected chi connectivity index (χ4v) is 3.02. The molecule has 1 atom stereocenters. The van der Waals surface area contributed by atoms with Gasteiger partial charge in [0.15, 0.2) is 5.82 Å². The summed E-state index contributed by atoms with van der Waals surface area (Å²) in [5, 5.41) is 6.52. The first kappa shape index (κ1) is 17.1. The second-order valence-corrected chi connectivity index (χ2v) is 6.05. The lowest BCUT2D eigenvalue weighted by molar-refractivity contribution is 0.0669. The van der Waals surface area contributed by atoms with Crippen molar-refractivity contribution in [3.63, 3.8) is 0 Å². The molecule has 8 nitrogen and oxygen atoms in total. The molecule has 3 rings (SSSR count). The highest BCUT2D eigenvalue weighted by atomic mass is 16.5. The maximum Gasteiger partial charge on any atom is 0.269 e. The fourth-order valence-electron chi connectivity index (χ4n) is 3.02. The molecule has 0 aliphatic carbocycles. The summed E-state index contributed by atoms with van der Waals surface area (Å²) in [5.74, 6) is 0.616. The molecule has 1 unspecified atom stereocenters. The van der Waals surface area contributed by atoms with Crippen LogP contribution in [0.15, 0.2) is 22.9 Å². The average molecular weight is 343 g/mol. The summed E-state index contributed by atoms with van der Waals surface area (Å²) >= 11 is 0. The predicted molar refractivity (Wildman–Crippen MR) is 88.9 cm³/mol. The van der Waals surface area contributed by atoms with Crippen LogP contribution in [0.5, 0.6) is 0 Å². The van der Waals surface area contributed by atoms with Crippen molar-refractivity contribution >= 4 is 11.8 Å². The highest BCUT2D eigenvalue weighted by Gasteiger charge is 2.31. The number of nitrogens with one attached hydrogen (secondary N) is 1. The molecule has 2 amide bonds. The van der Waals surface area contributed by atoms with Gasteiger partial charge in [-0.15, -0.1) is 0 Å². The van der Waals surface area contributed by atoms with E-state index >= 15 is 0 Å². The minimum atomic E-state index is -0.283. The van der Waals surface area contributed by atoms with E-state index in [1.54, 1.807) is 24.0 Å². The molecule has 3 heterocycles. The Morgan fingerprint density at radius 3 is 2.76 bits per heavy atom. The van der Waals surface area contributed by atoms with Crippen LogP contribution in [0.4, 0.5) is 0 Å². The molecule has 0 saturated carbocycles.